The normalized spacial score (nSPS) is 11.8. The molecule has 1 heterocycles. The first-order valence-corrected chi connectivity index (χ1v) is 8.01. The summed E-state index contributed by atoms with van der Waals surface area (Å²) < 4.78 is 7.10. The molecule has 0 aliphatic rings. The van der Waals surface area contributed by atoms with Gasteiger partial charge in [0.2, 0.25) is 0 Å². The minimum atomic E-state index is -0.362. The van der Waals surface area contributed by atoms with Crippen molar-refractivity contribution in [3.8, 4) is 11.4 Å². The van der Waals surface area contributed by atoms with Crippen LogP contribution in [0.15, 0.2) is 28.1 Å². The Balaban J connectivity index is 2.22. The van der Waals surface area contributed by atoms with Crippen LogP contribution in [0, 0.1) is 13.8 Å². The zero-order valence-corrected chi connectivity index (χ0v) is 15.2. The quantitative estimate of drug-likeness (QED) is 0.437. The molecule has 0 saturated heterocycles. The van der Waals surface area contributed by atoms with Crippen molar-refractivity contribution in [1.29, 1.82) is 0 Å². The van der Waals surface area contributed by atoms with Crippen LogP contribution in [0.2, 0.25) is 0 Å². The number of carbonyl (C=O) groups excluding carboxylic acids is 1. The van der Waals surface area contributed by atoms with Gasteiger partial charge in [-0.2, -0.15) is 0 Å². The zero-order valence-electron chi connectivity index (χ0n) is 13.0. The number of aromatic nitrogens is 3. The highest BCUT2D eigenvalue weighted by molar-refractivity contribution is 14.1. The van der Waals surface area contributed by atoms with Crippen molar-refractivity contribution in [2.24, 2.45) is 0 Å². The number of rotatable bonds is 4. The molecular formula is C16H18IN3O2. The molecule has 22 heavy (non-hydrogen) atoms. The van der Waals surface area contributed by atoms with E-state index in [0.29, 0.717) is 9.40 Å². The molecule has 0 fully saturated rings. The van der Waals surface area contributed by atoms with E-state index in [1.165, 1.54) is 4.68 Å². The lowest BCUT2D eigenvalue weighted by Gasteiger charge is -2.06. The maximum absolute atomic E-state index is 11.8. The molecule has 0 aliphatic heterocycles. The lowest BCUT2D eigenvalue weighted by molar-refractivity contribution is -0.141. The van der Waals surface area contributed by atoms with Crippen molar-refractivity contribution in [3.63, 3.8) is 0 Å². The molecule has 1 aromatic heterocycles. The van der Waals surface area contributed by atoms with Gasteiger partial charge < -0.3 is 4.74 Å². The summed E-state index contributed by atoms with van der Waals surface area (Å²) in [5, 5.41) is 4.38. The van der Waals surface area contributed by atoms with Gasteiger partial charge in [0, 0.05) is 5.56 Å². The van der Waals surface area contributed by atoms with Crippen LogP contribution in [-0.2, 0) is 9.53 Å². The molecule has 2 aromatic rings. The van der Waals surface area contributed by atoms with Crippen molar-refractivity contribution < 1.29 is 9.53 Å². The van der Waals surface area contributed by atoms with Crippen molar-refractivity contribution in [3.05, 3.63) is 39.2 Å². The predicted molar refractivity (Wildman–Crippen MR) is 94.5 cm³/mol. The monoisotopic (exact) mass is 411 g/mol. The minimum Gasteiger partial charge on any atom is -0.459 e. The summed E-state index contributed by atoms with van der Waals surface area (Å²) in [4.78, 5) is 16.1. The van der Waals surface area contributed by atoms with Gasteiger partial charge in [0.05, 0.1) is 12.3 Å². The predicted octanol–water partition coefficient (Wildman–Crippen LogP) is 3.75. The fourth-order valence-electron chi connectivity index (χ4n) is 2.01. The molecular weight excluding hydrogens is 393 g/mol. The standard InChI is InChI=1S/C16H18IN3O2/c1-10(2)22-16(21)14(17)8-20-9-18-15(19-20)13-6-11(3)5-12(4)7-13/h5-10H,1-4H3/b14-8+. The third-order valence-corrected chi connectivity index (χ3v) is 3.49. The van der Waals surface area contributed by atoms with Crippen LogP contribution in [0.3, 0.4) is 0 Å². The van der Waals surface area contributed by atoms with E-state index in [1.54, 1.807) is 12.5 Å². The van der Waals surface area contributed by atoms with E-state index >= 15 is 0 Å². The highest BCUT2D eigenvalue weighted by Gasteiger charge is 2.11. The van der Waals surface area contributed by atoms with Gasteiger partial charge in [-0.25, -0.2) is 14.5 Å². The average Bonchev–Trinajstić information content (AvgIpc) is 2.85. The number of carbonyl (C=O) groups is 1. The topological polar surface area (TPSA) is 57.0 Å². The summed E-state index contributed by atoms with van der Waals surface area (Å²) in [6.07, 6.45) is 3.03. The molecule has 1 aromatic carbocycles. The number of esters is 1. The number of hydrogen-bond donors (Lipinski definition) is 0. The zero-order chi connectivity index (χ0) is 16.3. The number of hydrogen-bond acceptors (Lipinski definition) is 4. The highest BCUT2D eigenvalue weighted by Crippen LogP contribution is 2.19. The van der Waals surface area contributed by atoms with Gasteiger partial charge in [0.15, 0.2) is 5.82 Å². The fourth-order valence-corrected chi connectivity index (χ4v) is 2.42. The third-order valence-electron chi connectivity index (χ3n) is 2.77. The second kappa shape index (κ2) is 7.04. The fraction of sp³-hybridized carbons (Fsp3) is 0.312. The number of aryl methyl sites for hydroxylation is 2. The van der Waals surface area contributed by atoms with E-state index < -0.39 is 0 Å². The first-order valence-electron chi connectivity index (χ1n) is 6.93. The lowest BCUT2D eigenvalue weighted by Crippen LogP contribution is -2.11. The Labute approximate surface area is 143 Å². The number of nitrogens with zero attached hydrogens (tertiary/aromatic N) is 3. The Morgan fingerprint density at radius 2 is 1.91 bits per heavy atom. The Bertz CT molecular complexity index is 700. The maximum atomic E-state index is 11.8. The van der Waals surface area contributed by atoms with Crippen LogP contribution in [0.5, 0.6) is 0 Å². The molecule has 0 saturated carbocycles. The molecule has 6 heteroatoms. The second-order valence-electron chi connectivity index (χ2n) is 5.36. The van der Waals surface area contributed by atoms with E-state index in [4.69, 9.17) is 4.74 Å². The molecule has 0 atom stereocenters. The van der Waals surface area contributed by atoms with E-state index in [0.717, 1.165) is 16.7 Å². The van der Waals surface area contributed by atoms with E-state index in [9.17, 15) is 4.79 Å². The highest BCUT2D eigenvalue weighted by atomic mass is 127. The van der Waals surface area contributed by atoms with Crippen molar-refractivity contribution in [2.45, 2.75) is 33.8 Å². The number of benzene rings is 1. The Morgan fingerprint density at radius 3 is 2.50 bits per heavy atom. The molecule has 2 rings (SSSR count). The number of ether oxygens (including phenoxy) is 1. The van der Waals surface area contributed by atoms with Crippen molar-refractivity contribution >= 4 is 34.8 Å². The third kappa shape index (κ3) is 4.40. The van der Waals surface area contributed by atoms with Crippen LogP contribution in [0.25, 0.3) is 17.6 Å². The molecule has 0 aliphatic carbocycles. The first-order chi connectivity index (χ1) is 10.3. The Morgan fingerprint density at radius 1 is 1.27 bits per heavy atom. The lowest BCUT2D eigenvalue weighted by atomic mass is 10.1. The van der Waals surface area contributed by atoms with Crippen molar-refractivity contribution in [1.82, 2.24) is 14.8 Å². The Kier molecular flexibility index (Phi) is 5.33. The van der Waals surface area contributed by atoms with Crippen LogP contribution < -0.4 is 0 Å². The molecule has 0 unspecified atom stereocenters. The summed E-state index contributed by atoms with van der Waals surface area (Å²) in [6.45, 7) is 7.71. The molecule has 116 valence electrons. The maximum Gasteiger partial charge on any atom is 0.346 e. The number of halogens is 1. The van der Waals surface area contributed by atoms with E-state index in [1.807, 2.05) is 62.4 Å². The van der Waals surface area contributed by atoms with Crippen molar-refractivity contribution in [2.75, 3.05) is 0 Å². The van der Waals surface area contributed by atoms with Gasteiger partial charge in [0.25, 0.3) is 0 Å². The van der Waals surface area contributed by atoms with Crippen LogP contribution in [0.4, 0.5) is 0 Å². The van der Waals surface area contributed by atoms with E-state index in [-0.39, 0.29) is 12.1 Å². The van der Waals surface area contributed by atoms with Crippen LogP contribution in [0.1, 0.15) is 25.0 Å². The minimum absolute atomic E-state index is 0.146. The molecule has 0 bridgehead atoms. The van der Waals surface area contributed by atoms with Gasteiger partial charge >= 0.3 is 5.97 Å². The molecule has 0 spiro atoms. The van der Waals surface area contributed by atoms with Crippen LogP contribution >= 0.6 is 22.6 Å². The molecule has 5 nitrogen and oxygen atoms in total. The van der Waals surface area contributed by atoms with Gasteiger partial charge in [-0.3, -0.25) is 0 Å². The molecule has 0 radical (unpaired) electrons. The largest absolute Gasteiger partial charge is 0.459 e. The first kappa shape index (κ1) is 16.7. The van der Waals surface area contributed by atoms with Gasteiger partial charge in [-0.05, 0) is 62.4 Å². The summed E-state index contributed by atoms with van der Waals surface area (Å²) in [5.74, 6) is 0.267. The summed E-state index contributed by atoms with van der Waals surface area (Å²) in [7, 11) is 0. The Hall–Kier alpha value is -1.70. The SMILES string of the molecule is Cc1cc(C)cc(-c2ncn(/C=C(/I)C(=O)OC(C)C)n2)c1. The van der Waals surface area contributed by atoms with Gasteiger partial charge in [0.1, 0.15) is 9.91 Å². The van der Waals surface area contributed by atoms with E-state index in [2.05, 4.69) is 16.1 Å². The summed E-state index contributed by atoms with van der Waals surface area (Å²) >= 11 is 1.94. The van der Waals surface area contributed by atoms with Crippen LogP contribution in [-0.4, -0.2) is 26.8 Å². The van der Waals surface area contributed by atoms with Gasteiger partial charge in [-0.15, -0.1) is 5.10 Å². The summed E-state index contributed by atoms with van der Waals surface area (Å²) in [5.41, 5.74) is 3.29. The van der Waals surface area contributed by atoms with Gasteiger partial charge in [-0.1, -0.05) is 17.2 Å². The molecule has 0 N–H and O–H groups in total. The average molecular weight is 411 g/mol. The summed E-state index contributed by atoms with van der Waals surface area (Å²) in [6, 6.07) is 6.17. The molecule has 0 amide bonds. The second-order valence-corrected chi connectivity index (χ2v) is 6.52. The smallest absolute Gasteiger partial charge is 0.346 e.